The normalized spacial score (nSPS) is 12.4. The van der Waals surface area contributed by atoms with E-state index in [1.807, 2.05) is 19.3 Å². The van der Waals surface area contributed by atoms with Crippen molar-refractivity contribution in [1.82, 2.24) is 14.9 Å². The van der Waals surface area contributed by atoms with Gasteiger partial charge in [-0.25, -0.2) is 9.37 Å². The second-order valence-electron chi connectivity index (χ2n) is 4.57. The van der Waals surface area contributed by atoms with Gasteiger partial charge in [0.25, 0.3) is 0 Å². The Bertz CT molecular complexity index is 568. The van der Waals surface area contributed by atoms with E-state index in [2.05, 4.69) is 21.8 Å². The molecule has 1 aromatic heterocycles. The SMILES string of the molecule is CCn1ccnc1CC(NC)c1ccc(OC)c(F)c1. The van der Waals surface area contributed by atoms with Crippen LogP contribution in [0.4, 0.5) is 4.39 Å². The van der Waals surface area contributed by atoms with Crippen LogP contribution in [0.1, 0.15) is 24.4 Å². The van der Waals surface area contributed by atoms with Gasteiger partial charge in [0.15, 0.2) is 11.6 Å². The van der Waals surface area contributed by atoms with Gasteiger partial charge >= 0.3 is 0 Å². The van der Waals surface area contributed by atoms with E-state index < -0.39 is 0 Å². The van der Waals surface area contributed by atoms with Gasteiger partial charge < -0.3 is 14.6 Å². The van der Waals surface area contributed by atoms with Gasteiger partial charge in [-0.1, -0.05) is 6.07 Å². The molecular weight excluding hydrogens is 257 g/mol. The Kier molecular flexibility index (Phi) is 4.74. The van der Waals surface area contributed by atoms with E-state index in [-0.39, 0.29) is 17.6 Å². The molecule has 108 valence electrons. The zero-order valence-corrected chi connectivity index (χ0v) is 12.1. The number of halogens is 1. The molecule has 1 N–H and O–H groups in total. The van der Waals surface area contributed by atoms with Crippen molar-refractivity contribution in [1.29, 1.82) is 0 Å². The molecule has 1 aromatic carbocycles. The van der Waals surface area contributed by atoms with Crippen LogP contribution in [0.3, 0.4) is 0 Å². The van der Waals surface area contributed by atoms with Crippen LogP contribution in [0, 0.1) is 5.82 Å². The number of likely N-dealkylation sites (N-methyl/N-ethyl adjacent to an activating group) is 1. The van der Waals surface area contributed by atoms with Crippen molar-refractivity contribution in [3.8, 4) is 5.75 Å². The van der Waals surface area contributed by atoms with E-state index in [4.69, 9.17) is 4.74 Å². The van der Waals surface area contributed by atoms with Crippen LogP contribution in [-0.2, 0) is 13.0 Å². The van der Waals surface area contributed by atoms with Gasteiger partial charge in [-0.3, -0.25) is 0 Å². The summed E-state index contributed by atoms with van der Waals surface area (Å²) in [6, 6.07) is 5.06. The third-order valence-corrected chi connectivity index (χ3v) is 3.46. The molecule has 4 nitrogen and oxygen atoms in total. The third kappa shape index (κ3) is 2.99. The van der Waals surface area contributed by atoms with Crippen molar-refractivity contribution in [2.24, 2.45) is 0 Å². The number of hydrogen-bond donors (Lipinski definition) is 1. The van der Waals surface area contributed by atoms with E-state index >= 15 is 0 Å². The van der Waals surface area contributed by atoms with E-state index in [1.54, 1.807) is 12.3 Å². The lowest BCUT2D eigenvalue weighted by Gasteiger charge is -2.17. The Morgan fingerprint density at radius 2 is 2.25 bits per heavy atom. The van der Waals surface area contributed by atoms with E-state index in [0.29, 0.717) is 6.42 Å². The fourth-order valence-electron chi connectivity index (χ4n) is 2.29. The molecule has 0 aliphatic carbocycles. The molecule has 0 spiro atoms. The molecule has 2 aromatic rings. The summed E-state index contributed by atoms with van der Waals surface area (Å²) in [6.45, 7) is 2.95. The maximum Gasteiger partial charge on any atom is 0.165 e. The maximum absolute atomic E-state index is 13.8. The van der Waals surface area contributed by atoms with Crippen LogP contribution >= 0.6 is 0 Å². The summed E-state index contributed by atoms with van der Waals surface area (Å²) in [5, 5.41) is 3.21. The summed E-state index contributed by atoms with van der Waals surface area (Å²) >= 11 is 0. The van der Waals surface area contributed by atoms with Crippen molar-refractivity contribution in [3.63, 3.8) is 0 Å². The summed E-state index contributed by atoms with van der Waals surface area (Å²) in [7, 11) is 3.33. The standard InChI is InChI=1S/C15H20FN3O/c1-4-19-8-7-18-15(19)10-13(17-2)11-5-6-14(20-3)12(16)9-11/h5-9,13,17H,4,10H2,1-3H3. The van der Waals surface area contributed by atoms with E-state index in [0.717, 1.165) is 17.9 Å². The predicted octanol–water partition coefficient (Wildman–Crippen LogP) is 2.55. The Labute approximate surface area is 118 Å². The maximum atomic E-state index is 13.8. The van der Waals surface area contributed by atoms with Gasteiger partial charge in [0.2, 0.25) is 0 Å². The lowest BCUT2D eigenvalue weighted by atomic mass is 10.0. The highest BCUT2D eigenvalue weighted by Crippen LogP contribution is 2.23. The molecule has 0 aliphatic rings. The minimum absolute atomic E-state index is 0.0168. The minimum atomic E-state index is -0.343. The van der Waals surface area contributed by atoms with Gasteiger partial charge in [-0.15, -0.1) is 0 Å². The summed E-state index contributed by atoms with van der Waals surface area (Å²) in [5.74, 6) is 0.908. The average Bonchev–Trinajstić information content (AvgIpc) is 2.91. The average molecular weight is 277 g/mol. The Hall–Kier alpha value is -1.88. The smallest absolute Gasteiger partial charge is 0.165 e. The molecule has 2 rings (SSSR count). The molecule has 20 heavy (non-hydrogen) atoms. The van der Waals surface area contributed by atoms with Crippen molar-refractivity contribution in [2.45, 2.75) is 25.9 Å². The molecule has 1 atom stereocenters. The van der Waals surface area contributed by atoms with Gasteiger partial charge in [0, 0.05) is 31.4 Å². The second kappa shape index (κ2) is 6.52. The zero-order valence-electron chi connectivity index (χ0n) is 12.1. The molecule has 5 heteroatoms. The number of aryl methyl sites for hydroxylation is 1. The summed E-state index contributed by atoms with van der Waals surface area (Å²) in [5.41, 5.74) is 0.886. The molecule has 0 saturated heterocycles. The van der Waals surface area contributed by atoms with Crippen LogP contribution in [0.25, 0.3) is 0 Å². The number of ether oxygens (including phenoxy) is 1. The first kappa shape index (κ1) is 14.5. The van der Waals surface area contributed by atoms with Gasteiger partial charge in [-0.05, 0) is 31.7 Å². The molecule has 0 amide bonds. The molecule has 1 heterocycles. The van der Waals surface area contributed by atoms with E-state index in [9.17, 15) is 4.39 Å². The van der Waals surface area contributed by atoms with Gasteiger partial charge in [0.1, 0.15) is 5.82 Å². The van der Waals surface area contributed by atoms with Crippen LogP contribution < -0.4 is 10.1 Å². The number of nitrogens with one attached hydrogen (secondary N) is 1. The molecule has 0 radical (unpaired) electrons. The monoisotopic (exact) mass is 277 g/mol. The Morgan fingerprint density at radius 1 is 1.45 bits per heavy atom. The Morgan fingerprint density at radius 3 is 2.85 bits per heavy atom. The highest BCUT2D eigenvalue weighted by Gasteiger charge is 2.15. The summed E-state index contributed by atoms with van der Waals surface area (Å²) in [6.07, 6.45) is 4.46. The molecular formula is C15H20FN3O. The largest absolute Gasteiger partial charge is 0.494 e. The molecule has 0 bridgehead atoms. The van der Waals surface area contributed by atoms with Crippen LogP contribution in [-0.4, -0.2) is 23.7 Å². The highest BCUT2D eigenvalue weighted by atomic mass is 19.1. The fourth-order valence-corrected chi connectivity index (χ4v) is 2.29. The topological polar surface area (TPSA) is 39.1 Å². The summed E-state index contributed by atoms with van der Waals surface area (Å²) in [4.78, 5) is 4.36. The first-order chi connectivity index (χ1) is 9.69. The number of rotatable bonds is 6. The molecule has 0 saturated carbocycles. The molecule has 1 unspecified atom stereocenters. The fraction of sp³-hybridized carbons (Fsp3) is 0.400. The lowest BCUT2D eigenvalue weighted by Crippen LogP contribution is -2.21. The molecule has 0 fully saturated rings. The number of benzene rings is 1. The van der Waals surface area contributed by atoms with E-state index in [1.165, 1.54) is 13.2 Å². The second-order valence-corrected chi connectivity index (χ2v) is 4.57. The number of imidazole rings is 1. The first-order valence-corrected chi connectivity index (χ1v) is 6.70. The van der Waals surface area contributed by atoms with Crippen LogP contribution in [0.2, 0.25) is 0 Å². The van der Waals surface area contributed by atoms with Crippen molar-refractivity contribution in [2.75, 3.05) is 14.2 Å². The predicted molar refractivity (Wildman–Crippen MR) is 76.4 cm³/mol. The lowest BCUT2D eigenvalue weighted by molar-refractivity contribution is 0.385. The highest BCUT2D eigenvalue weighted by molar-refractivity contribution is 5.31. The number of hydrogen-bond acceptors (Lipinski definition) is 3. The van der Waals surface area contributed by atoms with Crippen molar-refractivity contribution in [3.05, 3.63) is 47.8 Å². The third-order valence-electron chi connectivity index (χ3n) is 3.46. The zero-order chi connectivity index (χ0) is 14.5. The quantitative estimate of drug-likeness (QED) is 0.882. The number of aromatic nitrogens is 2. The number of methoxy groups -OCH3 is 1. The molecule has 0 aliphatic heterocycles. The number of nitrogens with zero attached hydrogens (tertiary/aromatic N) is 2. The first-order valence-electron chi connectivity index (χ1n) is 6.70. The van der Waals surface area contributed by atoms with Gasteiger partial charge in [0.05, 0.1) is 7.11 Å². The van der Waals surface area contributed by atoms with Crippen molar-refractivity contribution < 1.29 is 9.13 Å². The minimum Gasteiger partial charge on any atom is -0.494 e. The van der Waals surface area contributed by atoms with Crippen molar-refractivity contribution >= 4 is 0 Å². The van der Waals surface area contributed by atoms with Crippen LogP contribution in [0.5, 0.6) is 5.75 Å². The Balaban J connectivity index is 2.22. The van der Waals surface area contributed by atoms with Crippen LogP contribution in [0.15, 0.2) is 30.6 Å². The summed E-state index contributed by atoms with van der Waals surface area (Å²) < 4.78 is 20.8. The van der Waals surface area contributed by atoms with Gasteiger partial charge in [-0.2, -0.15) is 0 Å².